The van der Waals surface area contributed by atoms with Crippen molar-refractivity contribution in [1.82, 2.24) is 15.2 Å². The molecule has 24 heavy (non-hydrogen) atoms. The lowest BCUT2D eigenvalue weighted by atomic mass is 10.1. The molecular formula is C19H21N3S2. The summed E-state index contributed by atoms with van der Waals surface area (Å²) in [6.45, 7) is 2.97. The summed E-state index contributed by atoms with van der Waals surface area (Å²) >= 11 is 7.27. The minimum atomic E-state index is 0.152. The summed E-state index contributed by atoms with van der Waals surface area (Å²) in [5, 5.41) is 5.20. The van der Waals surface area contributed by atoms with E-state index >= 15 is 0 Å². The lowest BCUT2D eigenvalue weighted by Crippen LogP contribution is -2.39. The Morgan fingerprint density at radius 1 is 1.17 bits per heavy atom. The summed E-state index contributed by atoms with van der Waals surface area (Å²) < 4.78 is 1.22. The number of aromatic nitrogens is 1. The number of fused-ring (bicyclic) bond motifs is 1. The first-order valence-corrected chi connectivity index (χ1v) is 9.27. The molecule has 3 rings (SSSR count). The smallest absolute Gasteiger partial charge is 0.169 e. The topological polar surface area (TPSA) is 28.2 Å². The molecule has 1 aromatic heterocycles. The van der Waals surface area contributed by atoms with Gasteiger partial charge in [0.1, 0.15) is 5.01 Å². The number of hydrogen-bond donors (Lipinski definition) is 1. The van der Waals surface area contributed by atoms with Crippen molar-refractivity contribution in [2.75, 3.05) is 13.6 Å². The van der Waals surface area contributed by atoms with E-state index in [9.17, 15) is 0 Å². The van der Waals surface area contributed by atoms with E-state index in [0.29, 0.717) is 0 Å². The molecular weight excluding hydrogens is 334 g/mol. The average molecular weight is 356 g/mol. The van der Waals surface area contributed by atoms with Gasteiger partial charge in [0.15, 0.2) is 5.11 Å². The van der Waals surface area contributed by atoms with Gasteiger partial charge in [-0.05, 0) is 43.3 Å². The fraction of sp³-hybridized carbons (Fsp3) is 0.263. The molecule has 0 radical (unpaired) electrons. The third-order valence-electron chi connectivity index (χ3n) is 4.10. The lowest BCUT2D eigenvalue weighted by molar-refractivity contribution is 0.395. The van der Waals surface area contributed by atoms with Crippen molar-refractivity contribution in [1.29, 1.82) is 0 Å². The molecule has 0 amide bonds. The molecule has 1 heterocycles. The largest absolute Gasteiger partial charge is 0.362 e. The first-order valence-electron chi connectivity index (χ1n) is 8.05. The molecule has 0 fully saturated rings. The highest BCUT2D eigenvalue weighted by atomic mass is 32.1. The van der Waals surface area contributed by atoms with Gasteiger partial charge in [0.25, 0.3) is 0 Å². The number of thiocarbonyl (C=S) groups is 1. The number of benzene rings is 2. The van der Waals surface area contributed by atoms with Crippen LogP contribution in [0.1, 0.15) is 23.5 Å². The third kappa shape index (κ3) is 3.91. The SMILES string of the molecule is C[C@H](c1nc2ccccc2s1)N(C)C(=S)NCCc1ccccc1. The van der Waals surface area contributed by atoms with E-state index < -0.39 is 0 Å². The zero-order valence-electron chi connectivity index (χ0n) is 13.9. The van der Waals surface area contributed by atoms with Crippen LogP contribution in [0.5, 0.6) is 0 Å². The molecule has 0 spiro atoms. The summed E-state index contributed by atoms with van der Waals surface area (Å²) in [7, 11) is 2.02. The maximum Gasteiger partial charge on any atom is 0.169 e. The van der Waals surface area contributed by atoms with Crippen molar-refractivity contribution in [3.63, 3.8) is 0 Å². The second-order valence-corrected chi connectivity index (χ2v) is 7.22. The number of para-hydroxylation sites is 1. The predicted molar refractivity (Wildman–Crippen MR) is 107 cm³/mol. The van der Waals surface area contributed by atoms with Gasteiger partial charge in [0.2, 0.25) is 0 Å². The van der Waals surface area contributed by atoms with Crippen molar-refractivity contribution in [2.24, 2.45) is 0 Å². The van der Waals surface area contributed by atoms with Gasteiger partial charge in [-0.25, -0.2) is 4.98 Å². The number of nitrogens with zero attached hydrogens (tertiary/aromatic N) is 2. The molecule has 0 saturated carbocycles. The standard InChI is InChI=1S/C19H21N3S2/c1-14(18-21-16-10-6-7-11-17(16)24-18)22(2)19(23)20-13-12-15-8-4-3-5-9-15/h3-11,14H,12-13H2,1-2H3,(H,20,23)/t14-/m1/s1. The third-order valence-corrected chi connectivity index (χ3v) is 5.74. The maximum atomic E-state index is 5.54. The van der Waals surface area contributed by atoms with Crippen molar-refractivity contribution in [3.05, 3.63) is 65.2 Å². The van der Waals surface area contributed by atoms with Gasteiger partial charge in [-0.3, -0.25) is 0 Å². The first kappa shape index (κ1) is 16.9. The molecule has 124 valence electrons. The van der Waals surface area contributed by atoms with Crippen LogP contribution in [0.2, 0.25) is 0 Å². The monoisotopic (exact) mass is 355 g/mol. The molecule has 5 heteroatoms. The fourth-order valence-corrected chi connectivity index (χ4v) is 3.82. The Morgan fingerprint density at radius 2 is 1.88 bits per heavy atom. The van der Waals surface area contributed by atoms with E-state index in [0.717, 1.165) is 28.6 Å². The molecule has 0 unspecified atom stereocenters. The van der Waals surface area contributed by atoms with Crippen LogP contribution in [0.25, 0.3) is 10.2 Å². The predicted octanol–water partition coefficient (Wildman–Crippen LogP) is 4.41. The van der Waals surface area contributed by atoms with E-state index in [2.05, 4.69) is 59.6 Å². The number of nitrogens with one attached hydrogen (secondary N) is 1. The molecule has 3 aromatic rings. The molecule has 2 aromatic carbocycles. The molecule has 3 nitrogen and oxygen atoms in total. The summed E-state index contributed by atoms with van der Waals surface area (Å²) in [4.78, 5) is 6.81. The molecule has 1 N–H and O–H groups in total. The van der Waals surface area contributed by atoms with E-state index in [-0.39, 0.29) is 6.04 Å². The summed E-state index contributed by atoms with van der Waals surface area (Å²) in [6.07, 6.45) is 0.963. The molecule has 0 aliphatic carbocycles. The number of hydrogen-bond acceptors (Lipinski definition) is 3. The van der Waals surface area contributed by atoms with Crippen LogP contribution in [-0.2, 0) is 6.42 Å². The van der Waals surface area contributed by atoms with Gasteiger partial charge in [-0.2, -0.15) is 0 Å². The Morgan fingerprint density at radius 3 is 2.62 bits per heavy atom. The maximum absolute atomic E-state index is 5.54. The highest BCUT2D eigenvalue weighted by molar-refractivity contribution is 7.80. The van der Waals surface area contributed by atoms with Gasteiger partial charge in [0, 0.05) is 13.6 Å². The van der Waals surface area contributed by atoms with E-state index in [1.807, 2.05) is 19.2 Å². The normalized spacial score (nSPS) is 12.1. The van der Waals surface area contributed by atoms with Gasteiger partial charge in [-0.1, -0.05) is 42.5 Å². The minimum Gasteiger partial charge on any atom is -0.362 e. The Balaban J connectivity index is 1.58. The Bertz CT molecular complexity index is 781. The van der Waals surface area contributed by atoms with Crippen molar-refractivity contribution in [3.8, 4) is 0 Å². The summed E-state index contributed by atoms with van der Waals surface area (Å²) in [5.41, 5.74) is 2.37. The first-order chi connectivity index (χ1) is 11.6. The zero-order valence-corrected chi connectivity index (χ0v) is 15.5. The molecule has 0 bridgehead atoms. The van der Waals surface area contributed by atoms with Gasteiger partial charge < -0.3 is 10.2 Å². The molecule has 0 aliphatic heterocycles. The van der Waals surface area contributed by atoms with E-state index in [1.165, 1.54) is 10.3 Å². The minimum absolute atomic E-state index is 0.152. The Hall–Kier alpha value is -1.98. The van der Waals surface area contributed by atoms with E-state index in [1.54, 1.807) is 11.3 Å². The van der Waals surface area contributed by atoms with Crippen molar-refractivity contribution in [2.45, 2.75) is 19.4 Å². The summed E-state index contributed by atoms with van der Waals surface area (Å²) in [6, 6.07) is 18.8. The number of rotatable bonds is 5. The quantitative estimate of drug-likeness (QED) is 0.686. The second kappa shape index (κ2) is 7.73. The van der Waals surface area contributed by atoms with Gasteiger partial charge in [-0.15, -0.1) is 11.3 Å². The van der Waals surface area contributed by atoms with Crippen LogP contribution in [-0.4, -0.2) is 28.6 Å². The zero-order chi connectivity index (χ0) is 16.9. The average Bonchev–Trinajstić information content (AvgIpc) is 3.05. The van der Waals surface area contributed by atoms with Crippen LogP contribution in [0.4, 0.5) is 0 Å². The molecule has 0 saturated heterocycles. The van der Waals surface area contributed by atoms with Crippen molar-refractivity contribution >= 4 is 38.9 Å². The highest BCUT2D eigenvalue weighted by Gasteiger charge is 2.18. The fourth-order valence-electron chi connectivity index (χ4n) is 2.49. The van der Waals surface area contributed by atoms with Crippen LogP contribution < -0.4 is 5.32 Å². The highest BCUT2D eigenvalue weighted by Crippen LogP contribution is 2.28. The van der Waals surface area contributed by atoms with Crippen LogP contribution in [0, 0.1) is 0 Å². The van der Waals surface area contributed by atoms with Crippen molar-refractivity contribution < 1.29 is 0 Å². The van der Waals surface area contributed by atoms with Crippen LogP contribution in [0.15, 0.2) is 54.6 Å². The second-order valence-electron chi connectivity index (χ2n) is 5.77. The molecule has 1 atom stereocenters. The Kier molecular flexibility index (Phi) is 5.43. The lowest BCUT2D eigenvalue weighted by Gasteiger charge is -2.26. The van der Waals surface area contributed by atoms with Gasteiger partial charge in [0.05, 0.1) is 16.3 Å². The molecule has 0 aliphatic rings. The Labute approximate surface area is 152 Å². The summed E-state index contributed by atoms with van der Waals surface area (Å²) in [5.74, 6) is 0. The van der Waals surface area contributed by atoms with Gasteiger partial charge >= 0.3 is 0 Å². The van der Waals surface area contributed by atoms with E-state index in [4.69, 9.17) is 17.2 Å². The van der Waals surface area contributed by atoms with Crippen LogP contribution >= 0.6 is 23.6 Å². The van der Waals surface area contributed by atoms with Crippen LogP contribution in [0.3, 0.4) is 0 Å². The number of thiazole rings is 1.